The minimum Gasteiger partial charge on any atom is -0.478 e. The number of hydrogen-bond donors (Lipinski definition) is 2. The molecule has 1 heterocycles. The highest BCUT2D eigenvalue weighted by Crippen LogP contribution is 2.22. The van der Waals surface area contributed by atoms with Crippen LogP contribution in [0.2, 0.25) is 5.15 Å². The van der Waals surface area contributed by atoms with Crippen LogP contribution in [0.5, 0.6) is 0 Å². The Morgan fingerprint density at radius 1 is 1.42 bits per heavy atom. The number of nitrogens with one attached hydrogen (secondary N) is 1. The molecular weight excluding hydrogens is 272 g/mol. The Hall–Kier alpha value is -1.82. The van der Waals surface area contributed by atoms with Crippen LogP contribution < -0.4 is 5.32 Å². The molecule has 0 aliphatic carbocycles. The standard InChI is InChI=1S/C12H15ClN2O4/c1-6-5-7(13)14-9(8(6)10(16)17)15-11(18)19-12(2,3)4/h5H,1-4H3,(H,16,17)(H,14,15,18). The Kier molecular flexibility index (Phi) is 4.36. The Morgan fingerprint density at radius 3 is 2.47 bits per heavy atom. The predicted molar refractivity (Wildman–Crippen MR) is 70.8 cm³/mol. The molecule has 104 valence electrons. The summed E-state index contributed by atoms with van der Waals surface area (Å²) in [5.74, 6) is -1.33. The van der Waals surface area contributed by atoms with Gasteiger partial charge in [-0.1, -0.05) is 11.6 Å². The number of nitrogens with zero attached hydrogens (tertiary/aromatic N) is 1. The zero-order chi connectivity index (χ0) is 14.8. The van der Waals surface area contributed by atoms with Crippen molar-refractivity contribution in [2.45, 2.75) is 33.3 Å². The van der Waals surface area contributed by atoms with Crippen molar-refractivity contribution in [2.24, 2.45) is 0 Å². The molecule has 1 aromatic rings. The highest BCUT2D eigenvalue weighted by atomic mass is 35.5. The van der Waals surface area contributed by atoms with E-state index in [1.54, 1.807) is 27.7 Å². The summed E-state index contributed by atoms with van der Waals surface area (Å²) in [6.45, 7) is 6.65. The second-order valence-electron chi connectivity index (χ2n) is 4.92. The number of anilines is 1. The van der Waals surface area contributed by atoms with E-state index in [2.05, 4.69) is 10.3 Å². The van der Waals surface area contributed by atoms with Gasteiger partial charge in [0, 0.05) is 0 Å². The maximum atomic E-state index is 11.6. The monoisotopic (exact) mass is 286 g/mol. The van der Waals surface area contributed by atoms with Crippen molar-refractivity contribution in [2.75, 3.05) is 5.32 Å². The molecule has 1 aromatic heterocycles. The fraction of sp³-hybridized carbons (Fsp3) is 0.417. The normalized spacial score (nSPS) is 11.0. The van der Waals surface area contributed by atoms with Gasteiger partial charge in [0.2, 0.25) is 0 Å². The summed E-state index contributed by atoms with van der Waals surface area (Å²) in [4.78, 5) is 26.6. The van der Waals surface area contributed by atoms with E-state index in [0.29, 0.717) is 5.56 Å². The summed E-state index contributed by atoms with van der Waals surface area (Å²) in [5, 5.41) is 11.5. The van der Waals surface area contributed by atoms with E-state index in [4.69, 9.17) is 21.4 Å². The van der Waals surface area contributed by atoms with Gasteiger partial charge in [-0.15, -0.1) is 0 Å². The van der Waals surface area contributed by atoms with Crippen molar-refractivity contribution in [1.29, 1.82) is 0 Å². The average Bonchev–Trinajstić information content (AvgIpc) is 2.10. The molecule has 0 aliphatic rings. The largest absolute Gasteiger partial charge is 0.478 e. The Bertz CT molecular complexity index is 523. The lowest BCUT2D eigenvalue weighted by atomic mass is 10.1. The van der Waals surface area contributed by atoms with Gasteiger partial charge in [-0.05, 0) is 39.3 Å². The maximum Gasteiger partial charge on any atom is 0.413 e. The molecule has 0 unspecified atom stereocenters. The third kappa shape index (κ3) is 4.40. The van der Waals surface area contributed by atoms with E-state index in [-0.39, 0.29) is 16.5 Å². The van der Waals surface area contributed by atoms with Gasteiger partial charge in [-0.3, -0.25) is 5.32 Å². The first kappa shape index (κ1) is 15.2. The summed E-state index contributed by atoms with van der Waals surface area (Å²) < 4.78 is 5.03. The van der Waals surface area contributed by atoms with Crippen LogP contribution in [0.25, 0.3) is 0 Å². The maximum absolute atomic E-state index is 11.6. The molecule has 6 nitrogen and oxygen atoms in total. The van der Waals surface area contributed by atoms with Crippen LogP contribution in [-0.4, -0.2) is 27.8 Å². The second kappa shape index (κ2) is 5.44. The van der Waals surface area contributed by atoms with Crippen molar-refractivity contribution in [3.8, 4) is 0 Å². The van der Waals surface area contributed by atoms with E-state index < -0.39 is 17.7 Å². The third-order valence-electron chi connectivity index (χ3n) is 2.02. The number of aromatic nitrogens is 1. The zero-order valence-corrected chi connectivity index (χ0v) is 11.8. The molecule has 19 heavy (non-hydrogen) atoms. The van der Waals surface area contributed by atoms with Crippen molar-refractivity contribution in [3.05, 3.63) is 22.3 Å². The Balaban J connectivity index is 3.07. The zero-order valence-electron chi connectivity index (χ0n) is 11.1. The minimum atomic E-state index is -1.20. The molecule has 1 amide bonds. The van der Waals surface area contributed by atoms with Crippen molar-refractivity contribution in [1.82, 2.24) is 4.98 Å². The van der Waals surface area contributed by atoms with Crippen LogP contribution in [0.3, 0.4) is 0 Å². The fourth-order valence-corrected chi connectivity index (χ4v) is 1.64. The summed E-state index contributed by atoms with van der Waals surface area (Å²) in [5.41, 5.74) is -0.407. The summed E-state index contributed by atoms with van der Waals surface area (Å²) in [6.07, 6.45) is -0.788. The molecule has 0 saturated carbocycles. The number of hydrogen-bond acceptors (Lipinski definition) is 4. The second-order valence-corrected chi connectivity index (χ2v) is 5.30. The minimum absolute atomic E-state index is 0.0913. The summed E-state index contributed by atoms with van der Waals surface area (Å²) in [7, 11) is 0. The van der Waals surface area contributed by atoms with Crippen LogP contribution in [-0.2, 0) is 4.74 Å². The van der Waals surface area contributed by atoms with Gasteiger partial charge in [0.15, 0.2) is 5.82 Å². The number of rotatable bonds is 2. The van der Waals surface area contributed by atoms with Crippen LogP contribution in [0, 0.1) is 6.92 Å². The third-order valence-corrected chi connectivity index (χ3v) is 2.21. The van der Waals surface area contributed by atoms with Crippen LogP contribution in [0.15, 0.2) is 6.07 Å². The number of carboxylic acid groups (broad SMARTS) is 1. The van der Waals surface area contributed by atoms with E-state index in [9.17, 15) is 9.59 Å². The van der Waals surface area contributed by atoms with E-state index in [1.165, 1.54) is 6.07 Å². The van der Waals surface area contributed by atoms with Crippen LogP contribution in [0.4, 0.5) is 10.6 Å². The molecule has 0 atom stereocenters. The van der Waals surface area contributed by atoms with Crippen molar-refractivity contribution >= 4 is 29.5 Å². The summed E-state index contributed by atoms with van der Waals surface area (Å²) >= 11 is 5.75. The smallest absolute Gasteiger partial charge is 0.413 e. The number of pyridine rings is 1. The quantitative estimate of drug-likeness (QED) is 0.816. The Labute approximate surface area is 115 Å². The highest BCUT2D eigenvalue weighted by Gasteiger charge is 2.21. The first-order valence-corrected chi connectivity index (χ1v) is 5.88. The van der Waals surface area contributed by atoms with Gasteiger partial charge in [0.1, 0.15) is 16.3 Å². The van der Waals surface area contributed by atoms with Gasteiger partial charge in [0.05, 0.1) is 0 Å². The number of aryl methyl sites for hydroxylation is 1. The number of amides is 1. The lowest BCUT2D eigenvalue weighted by molar-refractivity contribution is 0.0635. The molecule has 0 radical (unpaired) electrons. The van der Waals surface area contributed by atoms with Crippen LogP contribution in [0.1, 0.15) is 36.7 Å². The number of halogens is 1. The van der Waals surface area contributed by atoms with Crippen molar-refractivity contribution < 1.29 is 19.4 Å². The van der Waals surface area contributed by atoms with Gasteiger partial charge in [-0.2, -0.15) is 0 Å². The number of carboxylic acids is 1. The molecule has 0 saturated heterocycles. The van der Waals surface area contributed by atoms with Crippen LogP contribution >= 0.6 is 11.6 Å². The van der Waals surface area contributed by atoms with E-state index >= 15 is 0 Å². The Morgan fingerprint density at radius 2 is 2.00 bits per heavy atom. The first-order chi connectivity index (χ1) is 8.60. The number of carbonyl (C=O) groups is 2. The van der Waals surface area contributed by atoms with Gasteiger partial charge < -0.3 is 9.84 Å². The molecular formula is C12H15ClN2O4. The molecule has 2 N–H and O–H groups in total. The molecule has 0 bridgehead atoms. The molecule has 0 aromatic carbocycles. The average molecular weight is 287 g/mol. The van der Waals surface area contributed by atoms with E-state index in [1.807, 2.05) is 0 Å². The fourth-order valence-electron chi connectivity index (χ4n) is 1.39. The van der Waals surface area contributed by atoms with Gasteiger partial charge in [0.25, 0.3) is 0 Å². The number of aromatic carboxylic acids is 1. The topological polar surface area (TPSA) is 88.5 Å². The molecule has 0 fully saturated rings. The van der Waals surface area contributed by atoms with Gasteiger partial charge in [-0.25, -0.2) is 14.6 Å². The molecule has 0 aliphatic heterocycles. The number of carbonyl (C=O) groups excluding carboxylic acids is 1. The summed E-state index contributed by atoms with van der Waals surface area (Å²) in [6, 6.07) is 1.41. The molecule has 1 rings (SSSR count). The SMILES string of the molecule is Cc1cc(Cl)nc(NC(=O)OC(C)(C)C)c1C(=O)O. The van der Waals surface area contributed by atoms with Crippen molar-refractivity contribution in [3.63, 3.8) is 0 Å². The number of ether oxygens (including phenoxy) is 1. The predicted octanol–water partition coefficient (Wildman–Crippen LogP) is 3.09. The van der Waals surface area contributed by atoms with E-state index in [0.717, 1.165) is 0 Å². The molecule has 7 heteroatoms. The first-order valence-electron chi connectivity index (χ1n) is 5.50. The van der Waals surface area contributed by atoms with Gasteiger partial charge >= 0.3 is 12.1 Å². The molecule has 0 spiro atoms. The lowest BCUT2D eigenvalue weighted by Gasteiger charge is -2.20. The lowest BCUT2D eigenvalue weighted by Crippen LogP contribution is -2.28. The highest BCUT2D eigenvalue weighted by molar-refractivity contribution is 6.29.